The van der Waals surface area contributed by atoms with E-state index in [2.05, 4.69) is 25.2 Å². The van der Waals surface area contributed by atoms with Gasteiger partial charge >= 0.3 is 0 Å². The highest BCUT2D eigenvalue weighted by atomic mass is 32.2. The highest BCUT2D eigenvalue weighted by Gasteiger charge is 2.18. The van der Waals surface area contributed by atoms with E-state index in [0.717, 1.165) is 41.9 Å². The van der Waals surface area contributed by atoms with Crippen LogP contribution in [0.3, 0.4) is 0 Å². The van der Waals surface area contributed by atoms with Gasteiger partial charge in [0.15, 0.2) is 0 Å². The third-order valence-corrected chi connectivity index (χ3v) is 4.77. The molecule has 0 saturated heterocycles. The van der Waals surface area contributed by atoms with Gasteiger partial charge in [-0.25, -0.2) is 0 Å². The second-order valence-corrected chi connectivity index (χ2v) is 6.58. The van der Waals surface area contributed by atoms with Crippen molar-refractivity contribution < 1.29 is 8.63 Å². The Hall–Kier alpha value is -1.13. The van der Waals surface area contributed by atoms with E-state index in [0.29, 0.717) is 5.75 Å². The molecule has 2 unspecified atom stereocenters. The second kappa shape index (κ2) is 7.60. The summed E-state index contributed by atoms with van der Waals surface area (Å²) in [6, 6.07) is 10.1. The number of hydrogen-bond donors (Lipinski definition) is 1. The van der Waals surface area contributed by atoms with Gasteiger partial charge in [-0.15, -0.1) is 0 Å². The van der Waals surface area contributed by atoms with Crippen LogP contribution < -0.4 is 5.32 Å². The van der Waals surface area contributed by atoms with Crippen molar-refractivity contribution >= 4 is 21.8 Å². The molecule has 1 aromatic carbocycles. The summed E-state index contributed by atoms with van der Waals surface area (Å²) in [7, 11) is -0.796. The molecule has 1 N–H and O–H groups in total. The molecule has 0 aliphatic rings. The topological polar surface area (TPSA) is 42.2 Å². The Bertz CT molecular complexity index is 531. The van der Waals surface area contributed by atoms with Gasteiger partial charge < -0.3 is 9.73 Å². The molecular formula is C16H23NO2S. The molecule has 0 saturated carbocycles. The molecule has 0 aliphatic carbocycles. The smallest absolute Gasteiger partial charge is 0.134 e. The molecule has 0 amide bonds. The van der Waals surface area contributed by atoms with Crippen LogP contribution >= 0.6 is 0 Å². The predicted octanol–water partition coefficient (Wildman–Crippen LogP) is 3.63. The molecule has 0 radical (unpaired) electrons. The van der Waals surface area contributed by atoms with Gasteiger partial charge in [0.25, 0.3) is 0 Å². The average Bonchev–Trinajstić information content (AvgIpc) is 2.88. The van der Waals surface area contributed by atoms with Gasteiger partial charge in [0.05, 0.1) is 6.04 Å². The zero-order valence-corrected chi connectivity index (χ0v) is 13.0. The van der Waals surface area contributed by atoms with Crippen LogP contribution in [0.5, 0.6) is 0 Å². The maximum absolute atomic E-state index is 12.1. The van der Waals surface area contributed by atoms with Crippen LogP contribution in [0, 0.1) is 0 Å². The number of furan rings is 1. The molecule has 1 aromatic heterocycles. The van der Waals surface area contributed by atoms with Crippen molar-refractivity contribution in [1.29, 1.82) is 0 Å². The largest absolute Gasteiger partial charge is 0.459 e. The highest BCUT2D eigenvalue weighted by molar-refractivity contribution is 7.85. The third-order valence-electron chi connectivity index (χ3n) is 3.32. The van der Waals surface area contributed by atoms with Crippen LogP contribution in [-0.2, 0) is 10.8 Å². The summed E-state index contributed by atoms with van der Waals surface area (Å²) in [6.45, 7) is 5.02. The second-order valence-electron chi connectivity index (χ2n) is 4.96. The number of unbranched alkanes of at least 4 members (excludes halogenated alkanes) is 1. The van der Waals surface area contributed by atoms with E-state index in [-0.39, 0.29) is 6.04 Å². The number of rotatable bonds is 8. The van der Waals surface area contributed by atoms with Gasteiger partial charge in [-0.2, -0.15) is 0 Å². The molecule has 2 atom stereocenters. The van der Waals surface area contributed by atoms with Crippen molar-refractivity contribution in [1.82, 2.24) is 5.32 Å². The number of para-hydroxylation sites is 1. The van der Waals surface area contributed by atoms with Gasteiger partial charge in [0.1, 0.15) is 11.3 Å². The number of benzene rings is 1. The molecule has 1 heterocycles. The van der Waals surface area contributed by atoms with Gasteiger partial charge in [-0.1, -0.05) is 38.5 Å². The normalized spacial score (nSPS) is 14.5. The van der Waals surface area contributed by atoms with Crippen LogP contribution in [0.25, 0.3) is 11.0 Å². The lowest BCUT2D eigenvalue weighted by Gasteiger charge is -2.14. The lowest BCUT2D eigenvalue weighted by molar-refractivity contribution is 0.461. The van der Waals surface area contributed by atoms with E-state index in [1.54, 1.807) is 0 Å². The minimum atomic E-state index is -0.796. The molecule has 0 aliphatic heterocycles. The van der Waals surface area contributed by atoms with Gasteiger partial charge in [0.2, 0.25) is 0 Å². The lowest BCUT2D eigenvalue weighted by atomic mass is 10.2. The maximum Gasteiger partial charge on any atom is 0.134 e. The van der Waals surface area contributed by atoms with Crippen molar-refractivity contribution in [2.75, 3.05) is 18.1 Å². The summed E-state index contributed by atoms with van der Waals surface area (Å²) < 4.78 is 18.0. The monoisotopic (exact) mass is 293 g/mol. The predicted molar refractivity (Wildman–Crippen MR) is 85.4 cm³/mol. The standard InChI is InChI=1S/C16H23NO2S/c1-3-5-10-20(18)12-14(17-4-2)16-11-13-8-6-7-9-15(13)19-16/h6-9,11,14,17H,3-5,10,12H2,1-2H3. The first-order valence-corrected chi connectivity index (χ1v) is 8.80. The molecular weight excluding hydrogens is 270 g/mol. The summed E-state index contributed by atoms with van der Waals surface area (Å²) in [5, 5.41) is 4.48. The summed E-state index contributed by atoms with van der Waals surface area (Å²) in [5.41, 5.74) is 0.893. The molecule has 110 valence electrons. The van der Waals surface area contributed by atoms with E-state index in [1.165, 1.54) is 0 Å². The fourth-order valence-corrected chi connectivity index (χ4v) is 3.67. The quantitative estimate of drug-likeness (QED) is 0.808. The van der Waals surface area contributed by atoms with Crippen molar-refractivity contribution in [3.05, 3.63) is 36.1 Å². The summed E-state index contributed by atoms with van der Waals surface area (Å²) in [5.74, 6) is 2.28. The Morgan fingerprint density at radius 1 is 1.30 bits per heavy atom. The Labute approximate surface area is 123 Å². The van der Waals surface area contributed by atoms with Crippen LogP contribution in [0.15, 0.2) is 34.7 Å². The van der Waals surface area contributed by atoms with Crippen molar-refractivity contribution in [3.8, 4) is 0 Å². The van der Waals surface area contributed by atoms with E-state index in [4.69, 9.17) is 4.42 Å². The van der Waals surface area contributed by atoms with Gasteiger partial charge in [0, 0.05) is 27.7 Å². The zero-order valence-electron chi connectivity index (χ0n) is 12.2. The maximum atomic E-state index is 12.1. The number of nitrogens with one attached hydrogen (secondary N) is 1. The average molecular weight is 293 g/mol. The van der Waals surface area contributed by atoms with Crippen LogP contribution in [-0.4, -0.2) is 22.3 Å². The van der Waals surface area contributed by atoms with E-state index < -0.39 is 10.8 Å². The fraction of sp³-hybridized carbons (Fsp3) is 0.500. The first-order chi connectivity index (χ1) is 9.74. The number of hydrogen-bond acceptors (Lipinski definition) is 3. The van der Waals surface area contributed by atoms with Crippen molar-refractivity contribution in [2.45, 2.75) is 32.7 Å². The molecule has 0 spiro atoms. The van der Waals surface area contributed by atoms with E-state index in [1.807, 2.05) is 24.3 Å². The van der Waals surface area contributed by atoms with E-state index >= 15 is 0 Å². The Balaban J connectivity index is 2.12. The summed E-state index contributed by atoms with van der Waals surface area (Å²) >= 11 is 0. The first kappa shape index (κ1) is 15.3. The molecule has 3 nitrogen and oxygen atoms in total. The Morgan fingerprint density at radius 2 is 2.10 bits per heavy atom. The third kappa shape index (κ3) is 3.93. The van der Waals surface area contributed by atoms with Crippen LogP contribution in [0.2, 0.25) is 0 Å². The summed E-state index contributed by atoms with van der Waals surface area (Å²) in [4.78, 5) is 0. The molecule has 2 rings (SSSR count). The molecule has 2 aromatic rings. The minimum Gasteiger partial charge on any atom is -0.459 e. The van der Waals surface area contributed by atoms with Crippen LogP contribution in [0.1, 0.15) is 38.5 Å². The Kier molecular flexibility index (Phi) is 5.80. The highest BCUT2D eigenvalue weighted by Crippen LogP contribution is 2.24. The van der Waals surface area contributed by atoms with Crippen molar-refractivity contribution in [2.24, 2.45) is 0 Å². The SMILES string of the molecule is CCCCS(=O)CC(NCC)c1cc2ccccc2o1. The fourth-order valence-electron chi connectivity index (χ4n) is 2.24. The summed E-state index contributed by atoms with van der Waals surface area (Å²) in [6.07, 6.45) is 2.10. The molecule has 0 bridgehead atoms. The van der Waals surface area contributed by atoms with E-state index in [9.17, 15) is 4.21 Å². The van der Waals surface area contributed by atoms with Gasteiger partial charge in [-0.3, -0.25) is 4.21 Å². The molecule has 20 heavy (non-hydrogen) atoms. The first-order valence-electron chi connectivity index (χ1n) is 7.31. The molecule has 4 heteroatoms. The molecule has 0 fully saturated rings. The lowest BCUT2D eigenvalue weighted by Crippen LogP contribution is -2.26. The van der Waals surface area contributed by atoms with Crippen molar-refractivity contribution in [3.63, 3.8) is 0 Å². The zero-order chi connectivity index (χ0) is 14.4. The Morgan fingerprint density at radius 3 is 2.80 bits per heavy atom. The number of fused-ring (bicyclic) bond motifs is 1. The van der Waals surface area contributed by atoms with Gasteiger partial charge in [-0.05, 0) is 25.1 Å². The minimum absolute atomic E-state index is 0.0325. The van der Waals surface area contributed by atoms with Crippen LogP contribution in [0.4, 0.5) is 0 Å².